The molecule has 1 aliphatic heterocycles. The molecular weight excluding hydrogens is 460 g/mol. The zero-order chi connectivity index (χ0) is 24.5. The maximum Gasteiger partial charge on any atom is 0.258 e. The first-order valence-electron chi connectivity index (χ1n) is 11.9. The van der Waals surface area contributed by atoms with Crippen LogP contribution in [0.15, 0.2) is 48.0 Å². The smallest absolute Gasteiger partial charge is 0.258 e. The SMILES string of the molecule is CC1CN(Cc2csc(NC(=O)c3cc(-c4ccccc4)nc4c3cnn4C(C)C)n2)CC(C)O1. The van der Waals surface area contributed by atoms with E-state index < -0.39 is 0 Å². The molecule has 1 fully saturated rings. The molecule has 1 aromatic carbocycles. The van der Waals surface area contributed by atoms with Crippen molar-refractivity contribution in [2.75, 3.05) is 18.4 Å². The van der Waals surface area contributed by atoms with E-state index in [1.807, 2.05) is 46.5 Å². The average molecular weight is 491 g/mol. The zero-order valence-corrected chi connectivity index (χ0v) is 21.2. The molecule has 5 rings (SSSR count). The molecule has 1 saturated heterocycles. The Morgan fingerprint density at radius 3 is 2.63 bits per heavy atom. The molecule has 0 radical (unpaired) electrons. The largest absolute Gasteiger partial charge is 0.373 e. The van der Waals surface area contributed by atoms with Gasteiger partial charge in [0.15, 0.2) is 10.8 Å². The number of hydrogen-bond acceptors (Lipinski definition) is 7. The lowest BCUT2D eigenvalue weighted by Crippen LogP contribution is -2.44. The predicted octanol–water partition coefficient (Wildman–Crippen LogP) is 5.00. The molecule has 4 aromatic rings. The Labute approximate surface area is 209 Å². The number of fused-ring (bicyclic) bond motifs is 1. The monoisotopic (exact) mass is 490 g/mol. The topological polar surface area (TPSA) is 85.2 Å². The number of anilines is 1. The third-order valence-electron chi connectivity index (χ3n) is 6.02. The van der Waals surface area contributed by atoms with E-state index in [9.17, 15) is 4.79 Å². The number of carbonyl (C=O) groups is 1. The van der Waals surface area contributed by atoms with Gasteiger partial charge in [0.1, 0.15) is 0 Å². The number of rotatable bonds is 6. The van der Waals surface area contributed by atoms with Gasteiger partial charge in [0.25, 0.3) is 5.91 Å². The van der Waals surface area contributed by atoms with E-state index in [0.29, 0.717) is 16.3 Å². The van der Waals surface area contributed by atoms with Crippen LogP contribution in [0.4, 0.5) is 5.13 Å². The Bertz CT molecular complexity index is 1320. The lowest BCUT2D eigenvalue weighted by atomic mass is 10.1. The van der Waals surface area contributed by atoms with Gasteiger partial charge < -0.3 is 4.74 Å². The molecule has 1 N–H and O–H groups in total. The van der Waals surface area contributed by atoms with Gasteiger partial charge in [-0.15, -0.1) is 11.3 Å². The molecule has 0 aliphatic carbocycles. The Hall–Kier alpha value is -3.14. The van der Waals surface area contributed by atoms with Crippen molar-refractivity contribution in [1.82, 2.24) is 24.6 Å². The molecule has 0 bridgehead atoms. The van der Waals surface area contributed by atoms with E-state index in [1.54, 1.807) is 6.20 Å². The Balaban J connectivity index is 1.41. The molecule has 8 nitrogen and oxygen atoms in total. The van der Waals surface area contributed by atoms with Gasteiger partial charge in [0.2, 0.25) is 0 Å². The third kappa shape index (κ3) is 5.12. The molecule has 0 spiro atoms. The highest BCUT2D eigenvalue weighted by atomic mass is 32.1. The summed E-state index contributed by atoms with van der Waals surface area (Å²) in [4.78, 5) is 25.3. The molecule has 3 aromatic heterocycles. The minimum Gasteiger partial charge on any atom is -0.373 e. The lowest BCUT2D eigenvalue weighted by Gasteiger charge is -2.34. The maximum absolute atomic E-state index is 13.4. The second-order valence-corrected chi connectivity index (χ2v) is 10.2. The number of nitrogens with zero attached hydrogens (tertiary/aromatic N) is 5. The van der Waals surface area contributed by atoms with Crippen LogP contribution in [0.1, 0.15) is 49.8 Å². The number of nitrogens with one attached hydrogen (secondary N) is 1. The molecule has 35 heavy (non-hydrogen) atoms. The number of morpholine rings is 1. The standard InChI is InChI=1S/C26H30N6O2S/c1-16(2)32-24-22(11-27-32)21(10-23(29-24)19-8-6-5-7-9-19)25(33)30-26-28-20(15-35-26)14-31-12-17(3)34-18(4)13-31/h5-11,15-18H,12-14H2,1-4H3,(H,28,30,33). The highest BCUT2D eigenvalue weighted by Gasteiger charge is 2.23. The summed E-state index contributed by atoms with van der Waals surface area (Å²) < 4.78 is 7.68. The second kappa shape index (κ2) is 9.85. The van der Waals surface area contributed by atoms with Crippen LogP contribution in [0.25, 0.3) is 22.3 Å². The number of carbonyl (C=O) groups excluding carboxylic acids is 1. The molecule has 2 unspecified atom stereocenters. The van der Waals surface area contributed by atoms with Crippen LogP contribution in [0.3, 0.4) is 0 Å². The molecule has 9 heteroatoms. The summed E-state index contributed by atoms with van der Waals surface area (Å²) >= 11 is 1.44. The Morgan fingerprint density at radius 1 is 1.17 bits per heavy atom. The first kappa shape index (κ1) is 23.6. The van der Waals surface area contributed by atoms with Crippen LogP contribution in [-0.4, -0.2) is 55.9 Å². The summed E-state index contributed by atoms with van der Waals surface area (Å²) in [6, 6.07) is 11.8. The molecule has 2 atom stereocenters. The first-order valence-corrected chi connectivity index (χ1v) is 12.8. The molecule has 1 aliphatic rings. The maximum atomic E-state index is 13.4. The Morgan fingerprint density at radius 2 is 1.91 bits per heavy atom. The quantitative estimate of drug-likeness (QED) is 0.410. The van der Waals surface area contributed by atoms with Gasteiger partial charge in [-0.1, -0.05) is 30.3 Å². The number of amides is 1. The van der Waals surface area contributed by atoms with Crippen molar-refractivity contribution in [1.29, 1.82) is 0 Å². The summed E-state index contributed by atoms with van der Waals surface area (Å²) in [7, 11) is 0. The molecular formula is C26H30N6O2S. The number of ether oxygens (including phenoxy) is 1. The van der Waals surface area contributed by atoms with Gasteiger partial charge in [-0.3, -0.25) is 15.0 Å². The van der Waals surface area contributed by atoms with Crippen molar-refractivity contribution in [3.8, 4) is 11.3 Å². The highest BCUT2D eigenvalue weighted by molar-refractivity contribution is 7.14. The van der Waals surface area contributed by atoms with E-state index in [0.717, 1.165) is 42.0 Å². The fourth-order valence-corrected chi connectivity index (χ4v) is 5.28. The number of thiazole rings is 1. The van der Waals surface area contributed by atoms with Crippen LogP contribution in [-0.2, 0) is 11.3 Å². The summed E-state index contributed by atoms with van der Waals surface area (Å²) in [6.45, 7) is 10.8. The Kier molecular flexibility index (Phi) is 6.64. The highest BCUT2D eigenvalue weighted by Crippen LogP contribution is 2.28. The van der Waals surface area contributed by atoms with Crippen LogP contribution in [0, 0.1) is 0 Å². The lowest BCUT2D eigenvalue weighted by molar-refractivity contribution is -0.0707. The number of hydrogen-bond donors (Lipinski definition) is 1. The fraction of sp³-hybridized carbons (Fsp3) is 0.385. The van der Waals surface area contributed by atoms with Crippen molar-refractivity contribution < 1.29 is 9.53 Å². The van der Waals surface area contributed by atoms with E-state index in [-0.39, 0.29) is 24.2 Å². The van der Waals surface area contributed by atoms with Crippen LogP contribution < -0.4 is 5.32 Å². The summed E-state index contributed by atoms with van der Waals surface area (Å²) in [6.07, 6.45) is 2.13. The van der Waals surface area contributed by atoms with Gasteiger partial charge >= 0.3 is 0 Å². The van der Waals surface area contributed by atoms with Crippen LogP contribution in [0.2, 0.25) is 0 Å². The first-order chi connectivity index (χ1) is 16.9. The van der Waals surface area contributed by atoms with Crippen molar-refractivity contribution in [2.45, 2.75) is 52.5 Å². The van der Waals surface area contributed by atoms with Crippen molar-refractivity contribution in [3.05, 3.63) is 59.2 Å². The van der Waals surface area contributed by atoms with E-state index in [2.05, 4.69) is 48.0 Å². The van der Waals surface area contributed by atoms with Crippen LogP contribution in [0.5, 0.6) is 0 Å². The van der Waals surface area contributed by atoms with E-state index >= 15 is 0 Å². The van der Waals surface area contributed by atoms with Crippen molar-refractivity contribution >= 4 is 33.4 Å². The summed E-state index contributed by atoms with van der Waals surface area (Å²) in [5.74, 6) is -0.215. The minimum atomic E-state index is -0.215. The van der Waals surface area contributed by atoms with Gasteiger partial charge in [-0.05, 0) is 33.8 Å². The van der Waals surface area contributed by atoms with Crippen LogP contribution >= 0.6 is 11.3 Å². The molecule has 1 amide bonds. The van der Waals surface area contributed by atoms with Gasteiger partial charge in [0.05, 0.1) is 40.7 Å². The zero-order valence-electron chi connectivity index (χ0n) is 20.4. The average Bonchev–Trinajstić information content (AvgIpc) is 3.45. The fourth-order valence-electron chi connectivity index (χ4n) is 4.58. The minimum absolute atomic E-state index is 0.120. The van der Waals surface area contributed by atoms with Gasteiger partial charge in [-0.2, -0.15) is 5.10 Å². The number of aromatic nitrogens is 4. The van der Waals surface area contributed by atoms with Crippen molar-refractivity contribution in [3.63, 3.8) is 0 Å². The van der Waals surface area contributed by atoms with E-state index in [4.69, 9.17) is 9.72 Å². The second-order valence-electron chi connectivity index (χ2n) is 9.39. The normalized spacial score (nSPS) is 18.9. The molecule has 0 saturated carbocycles. The number of benzene rings is 1. The number of pyridine rings is 1. The molecule has 4 heterocycles. The van der Waals surface area contributed by atoms with Crippen molar-refractivity contribution in [2.24, 2.45) is 0 Å². The van der Waals surface area contributed by atoms with Gasteiger partial charge in [-0.25, -0.2) is 14.6 Å². The third-order valence-corrected chi connectivity index (χ3v) is 6.83. The van der Waals surface area contributed by atoms with E-state index in [1.165, 1.54) is 11.3 Å². The molecule has 182 valence electrons. The summed E-state index contributed by atoms with van der Waals surface area (Å²) in [5, 5.41) is 10.8. The predicted molar refractivity (Wildman–Crippen MR) is 139 cm³/mol. The summed E-state index contributed by atoms with van der Waals surface area (Å²) in [5.41, 5.74) is 3.87. The van der Waals surface area contributed by atoms with Gasteiger partial charge in [0, 0.05) is 36.6 Å².